The summed E-state index contributed by atoms with van der Waals surface area (Å²) >= 11 is 0. The lowest BCUT2D eigenvalue weighted by Gasteiger charge is -2.14. The van der Waals surface area contributed by atoms with Crippen molar-refractivity contribution >= 4 is 11.6 Å². The molecule has 7 heteroatoms. The average Bonchev–Trinajstić information content (AvgIpc) is 3.29. The van der Waals surface area contributed by atoms with Crippen LogP contribution in [0.2, 0.25) is 0 Å². The Labute approximate surface area is 205 Å². The van der Waals surface area contributed by atoms with E-state index in [2.05, 4.69) is 36.5 Å². The first kappa shape index (κ1) is 23.9. The number of benzene rings is 3. The Kier molecular flexibility index (Phi) is 7.06. The Balaban J connectivity index is 1.70. The van der Waals surface area contributed by atoms with Gasteiger partial charge in [0.05, 0.1) is 33.4 Å². The molecule has 1 amide bonds. The first-order valence-electron chi connectivity index (χ1n) is 11.2. The maximum Gasteiger partial charge on any atom is 0.259 e. The summed E-state index contributed by atoms with van der Waals surface area (Å²) in [7, 11) is 4.61. The molecule has 1 N–H and O–H groups in total. The van der Waals surface area contributed by atoms with Crippen molar-refractivity contribution in [2.45, 2.75) is 20.4 Å². The zero-order valence-corrected chi connectivity index (χ0v) is 20.6. The number of hydrogen-bond donors (Lipinski definition) is 1. The van der Waals surface area contributed by atoms with Crippen molar-refractivity contribution < 1.29 is 19.0 Å². The molecule has 1 aromatic heterocycles. The molecule has 7 nitrogen and oxygen atoms in total. The van der Waals surface area contributed by atoms with Crippen LogP contribution in [0.3, 0.4) is 0 Å². The van der Waals surface area contributed by atoms with Gasteiger partial charge in [0.25, 0.3) is 5.91 Å². The summed E-state index contributed by atoms with van der Waals surface area (Å²) in [5.41, 5.74) is 5.90. The lowest BCUT2D eigenvalue weighted by atomic mass is 10.1. The Morgan fingerprint density at radius 2 is 1.43 bits per heavy atom. The second kappa shape index (κ2) is 10.3. The smallest absolute Gasteiger partial charge is 0.259 e. The van der Waals surface area contributed by atoms with Gasteiger partial charge in [0.2, 0.25) is 5.75 Å². The molecule has 0 aliphatic rings. The number of methoxy groups -OCH3 is 3. The van der Waals surface area contributed by atoms with Crippen LogP contribution in [0.4, 0.5) is 5.69 Å². The second-order valence-corrected chi connectivity index (χ2v) is 8.31. The molecule has 1 heterocycles. The van der Waals surface area contributed by atoms with E-state index in [1.54, 1.807) is 23.0 Å². The third-order valence-corrected chi connectivity index (χ3v) is 5.72. The standard InChI is InChI=1S/C28H29N3O4/c1-18-6-10-20(11-7-18)16-31-17-23(26(30-31)21-12-8-19(2)9-13-21)28(32)29-22-14-24(33-3)27(35-5)25(15-22)34-4/h6-15,17H,16H2,1-5H3,(H,29,32). The maximum absolute atomic E-state index is 13.5. The number of carbonyl (C=O) groups is 1. The molecule has 4 rings (SSSR count). The van der Waals surface area contributed by atoms with E-state index in [1.165, 1.54) is 26.9 Å². The maximum atomic E-state index is 13.5. The van der Waals surface area contributed by atoms with E-state index in [0.717, 1.165) is 16.7 Å². The van der Waals surface area contributed by atoms with Crippen molar-refractivity contribution in [3.8, 4) is 28.5 Å². The van der Waals surface area contributed by atoms with E-state index in [1.807, 2.05) is 31.2 Å². The molecular weight excluding hydrogens is 442 g/mol. The van der Waals surface area contributed by atoms with Gasteiger partial charge in [0.15, 0.2) is 11.5 Å². The summed E-state index contributed by atoms with van der Waals surface area (Å²) < 4.78 is 18.0. The van der Waals surface area contributed by atoms with Gasteiger partial charge in [-0.3, -0.25) is 9.48 Å². The molecule has 0 aliphatic carbocycles. The van der Waals surface area contributed by atoms with Crippen LogP contribution in [-0.2, 0) is 6.54 Å². The number of ether oxygens (including phenoxy) is 3. The molecule has 0 saturated carbocycles. The molecule has 35 heavy (non-hydrogen) atoms. The van der Waals surface area contributed by atoms with E-state index >= 15 is 0 Å². The van der Waals surface area contributed by atoms with Gasteiger partial charge in [0, 0.05) is 29.6 Å². The van der Waals surface area contributed by atoms with Gasteiger partial charge in [-0.15, -0.1) is 0 Å². The highest BCUT2D eigenvalue weighted by molar-refractivity contribution is 6.08. The Hall–Kier alpha value is -4.26. The van der Waals surface area contributed by atoms with Gasteiger partial charge in [-0.25, -0.2) is 0 Å². The van der Waals surface area contributed by atoms with E-state index in [-0.39, 0.29) is 5.91 Å². The SMILES string of the molecule is COc1cc(NC(=O)c2cn(Cc3ccc(C)cc3)nc2-c2ccc(C)cc2)cc(OC)c1OC. The summed E-state index contributed by atoms with van der Waals surface area (Å²) in [6, 6.07) is 19.6. The third kappa shape index (κ3) is 5.30. The van der Waals surface area contributed by atoms with Crippen molar-refractivity contribution in [3.63, 3.8) is 0 Å². The monoisotopic (exact) mass is 471 g/mol. The number of nitrogens with zero attached hydrogens (tertiary/aromatic N) is 2. The number of rotatable bonds is 8. The molecular formula is C28H29N3O4. The molecule has 0 atom stereocenters. The summed E-state index contributed by atoms with van der Waals surface area (Å²) in [6.07, 6.45) is 1.78. The minimum atomic E-state index is -0.287. The minimum absolute atomic E-state index is 0.287. The average molecular weight is 472 g/mol. The Morgan fingerprint density at radius 3 is 1.97 bits per heavy atom. The van der Waals surface area contributed by atoms with Crippen LogP contribution >= 0.6 is 0 Å². The summed E-state index contributed by atoms with van der Waals surface area (Å²) in [4.78, 5) is 13.5. The van der Waals surface area contributed by atoms with E-state index in [0.29, 0.717) is 40.7 Å². The number of amides is 1. The predicted octanol–water partition coefficient (Wildman–Crippen LogP) is 5.49. The van der Waals surface area contributed by atoms with Gasteiger partial charge in [-0.1, -0.05) is 59.7 Å². The van der Waals surface area contributed by atoms with Crippen LogP contribution in [0, 0.1) is 13.8 Å². The van der Waals surface area contributed by atoms with Crippen LogP contribution in [0.15, 0.2) is 66.9 Å². The Bertz CT molecular complexity index is 1300. The van der Waals surface area contributed by atoms with Gasteiger partial charge in [0.1, 0.15) is 5.69 Å². The predicted molar refractivity (Wildman–Crippen MR) is 137 cm³/mol. The molecule has 0 bridgehead atoms. The fourth-order valence-electron chi connectivity index (χ4n) is 3.83. The quantitative estimate of drug-likeness (QED) is 0.368. The molecule has 3 aromatic carbocycles. The zero-order chi connectivity index (χ0) is 24.9. The largest absolute Gasteiger partial charge is 0.493 e. The highest BCUT2D eigenvalue weighted by atomic mass is 16.5. The lowest BCUT2D eigenvalue weighted by molar-refractivity contribution is 0.102. The fraction of sp³-hybridized carbons (Fsp3) is 0.214. The molecule has 0 unspecified atom stereocenters. The molecule has 180 valence electrons. The fourth-order valence-corrected chi connectivity index (χ4v) is 3.83. The summed E-state index contributed by atoms with van der Waals surface area (Å²) in [5.74, 6) is 1.08. The lowest BCUT2D eigenvalue weighted by Crippen LogP contribution is -2.13. The number of hydrogen-bond acceptors (Lipinski definition) is 5. The van der Waals surface area contributed by atoms with E-state index in [4.69, 9.17) is 19.3 Å². The molecule has 0 spiro atoms. The van der Waals surface area contributed by atoms with E-state index < -0.39 is 0 Å². The highest BCUT2D eigenvalue weighted by Crippen LogP contribution is 2.40. The topological polar surface area (TPSA) is 74.6 Å². The minimum Gasteiger partial charge on any atom is -0.493 e. The van der Waals surface area contributed by atoms with E-state index in [9.17, 15) is 4.79 Å². The van der Waals surface area contributed by atoms with Crippen LogP contribution in [0.25, 0.3) is 11.3 Å². The van der Waals surface area contributed by atoms with Crippen molar-refractivity contribution in [1.29, 1.82) is 0 Å². The Morgan fingerprint density at radius 1 is 0.857 bits per heavy atom. The zero-order valence-electron chi connectivity index (χ0n) is 20.6. The third-order valence-electron chi connectivity index (χ3n) is 5.72. The van der Waals surface area contributed by atoms with Crippen molar-refractivity contribution in [2.75, 3.05) is 26.6 Å². The molecule has 0 radical (unpaired) electrons. The summed E-state index contributed by atoms with van der Waals surface area (Å²) in [6.45, 7) is 4.63. The first-order chi connectivity index (χ1) is 16.9. The van der Waals surface area contributed by atoms with Crippen molar-refractivity contribution in [1.82, 2.24) is 9.78 Å². The van der Waals surface area contributed by atoms with Gasteiger partial charge in [-0.2, -0.15) is 5.10 Å². The number of aromatic nitrogens is 2. The second-order valence-electron chi connectivity index (χ2n) is 8.31. The van der Waals surface area contributed by atoms with Crippen LogP contribution < -0.4 is 19.5 Å². The first-order valence-corrected chi connectivity index (χ1v) is 11.2. The van der Waals surface area contributed by atoms with Gasteiger partial charge < -0.3 is 19.5 Å². The molecule has 0 fully saturated rings. The highest BCUT2D eigenvalue weighted by Gasteiger charge is 2.20. The van der Waals surface area contributed by atoms with Gasteiger partial charge in [-0.05, 0) is 19.4 Å². The molecule has 4 aromatic rings. The van der Waals surface area contributed by atoms with Crippen LogP contribution in [-0.4, -0.2) is 37.0 Å². The number of nitrogens with one attached hydrogen (secondary N) is 1. The van der Waals surface area contributed by atoms with Crippen LogP contribution in [0.5, 0.6) is 17.2 Å². The molecule has 0 saturated heterocycles. The van der Waals surface area contributed by atoms with Crippen molar-refractivity contribution in [3.05, 3.63) is 89.1 Å². The molecule has 0 aliphatic heterocycles. The number of anilines is 1. The van der Waals surface area contributed by atoms with Gasteiger partial charge >= 0.3 is 0 Å². The van der Waals surface area contributed by atoms with Crippen molar-refractivity contribution in [2.24, 2.45) is 0 Å². The van der Waals surface area contributed by atoms with Crippen LogP contribution in [0.1, 0.15) is 27.0 Å². The normalized spacial score (nSPS) is 10.7. The number of aryl methyl sites for hydroxylation is 2. The number of carbonyl (C=O) groups excluding carboxylic acids is 1. The summed E-state index contributed by atoms with van der Waals surface area (Å²) in [5, 5.41) is 7.73.